The lowest BCUT2D eigenvalue weighted by Crippen LogP contribution is -2.47. The minimum atomic E-state index is -0.426. The number of carbonyl (C=O) groups excluding carboxylic acids is 2. The SMILES string of the molecule is CC.CC.CC.CC.CC1(C)COB(c2cccc(N)c2)OC1.CC1(C)COB(c2cccc(N)c2)OC1.Cc1ccc(C(=O)Cl)cc1.Cc1ccc(C(=O)Nc2cccc(B3OCC(C)(C)CO3)c2)cc1.O=[N+]([O-])c1cccc(Br)c1. The van der Waals surface area contributed by atoms with Gasteiger partial charge in [-0.1, -0.05) is 191 Å². The molecule has 3 aliphatic heterocycles. The summed E-state index contributed by atoms with van der Waals surface area (Å²) in [5.74, 6) is -0.126. The Morgan fingerprint density at radius 3 is 1.16 bits per heavy atom. The van der Waals surface area contributed by atoms with Crippen molar-refractivity contribution < 1.29 is 42.4 Å². The number of carbonyl (C=O) groups is 2. The van der Waals surface area contributed by atoms with Crippen LogP contribution in [0.4, 0.5) is 22.7 Å². The van der Waals surface area contributed by atoms with Crippen LogP contribution in [0.5, 0.6) is 0 Å². The van der Waals surface area contributed by atoms with Crippen LogP contribution in [0.25, 0.3) is 0 Å². The van der Waals surface area contributed by atoms with Gasteiger partial charge in [0.2, 0.25) is 0 Å². The van der Waals surface area contributed by atoms with E-state index in [0.29, 0.717) is 50.8 Å². The lowest BCUT2D eigenvalue weighted by Gasteiger charge is -2.33. The van der Waals surface area contributed by atoms with Gasteiger partial charge in [-0.3, -0.25) is 19.7 Å². The molecule has 1 amide bonds. The van der Waals surface area contributed by atoms with Crippen LogP contribution in [0.15, 0.2) is 150 Å². The van der Waals surface area contributed by atoms with E-state index in [-0.39, 0.29) is 49.2 Å². The van der Waals surface area contributed by atoms with Crippen molar-refractivity contribution in [1.82, 2.24) is 0 Å². The number of anilines is 3. The zero-order valence-electron chi connectivity index (χ0n) is 51.3. The molecule has 0 saturated carbocycles. The highest BCUT2D eigenvalue weighted by molar-refractivity contribution is 9.10. The number of hydrogen-bond acceptors (Lipinski definition) is 12. The van der Waals surface area contributed by atoms with Gasteiger partial charge in [-0.05, 0) is 109 Å². The number of nitrogens with zero attached hydrogens (tertiary/aromatic N) is 1. The summed E-state index contributed by atoms with van der Waals surface area (Å²) in [6.07, 6.45) is 0. The van der Waals surface area contributed by atoms with Gasteiger partial charge in [-0.25, -0.2) is 0 Å². The number of halogens is 2. The number of nitrogen functional groups attached to an aromatic ring is 2. The lowest BCUT2D eigenvalue weighted by atomic mass is 9.76. The molecule has 3 aliphatic rings. The van der Waals surface area contributed by atoms with E-state index in [1.165, 1.54) is 12.1 Å². The quantitative estimate of drug-likeness (QED) is 0.0450. The maximum Gasteiger partial charge on any atom is 0.493 e. The topological polar surface area (TPSA) is 197 Å². The lowest BCUT2D eigenvalue weighted by molar-refractivity contribution is -0.384. The first-order valence-electron chi connectivity index (χ1n) is 28.0. The van der Waals surface area contributed by atoms with E-state index >= 15 is 0 Å². The summed E-state index contributed by atoms with van der Waals surface area (Å²) >= 11 is 8.34. The maximum atomic E-state index is 12.3. The summed E-state index contributed by atoms with van der Waals surface area (Å²) in [6, 6.07) is 43.8. The van der Waals surface area contributed by atoms with E-state index in [4.69, 9.17) is 51.0 Å². The number of amides is 1. The van der Waals surface area contributed by atoms with Crippen LogP contribution in [0.1, 0.15) is 129 Å². The van der Waals surface area contributed by atoms with Crippen LogP contribution in [0, 0.1) is 40.2 Å². The van der Waals surface area contributed by atoms with E-state index in [1.54, 1.807) is 24.3 Å². The Balaban J connectivity index is 0.000000514. The molecule has 0 aliphatic carbocycles. The van der Waals surface area contributed by atoms with Gasteiger partial charge in [0.05, 0.1) is 4.92 Å². The third kappa shape index (κ3) is 28.4. The zero-order valence-corrected chi connectivity index (χ0v) is 53.6. The number of nitrogens with two attached hydrogens (primary N) is 2. The molecular weight excluding hydrogens is 1120 g/mol. The molecule has 0 spiro atoms. The maximum absolute atomic E-state index is 12.3. The molecule has 3 saturated heterocycles. The highest BCUT2D eigenvalue weighted by atomic mass is 79.9. The molecule has 0 unspecified atom stereocenters. The van der Waals surface area contributed by atoms with Crippen LogP contribution in [0.3, 0.4) is 0 Å². The molecule has 19 heteroatoms. The van der Waals surface area contributed by atoms with Crippen molar-refractivity contribution in [2.24, 2.45) is 16.2 Å². The molecule has 3 heterocycles. The zero-order chi connectivity index (χ0) is 62.1. The smallest absolute Gasteiger partial charge is 0.407 e. The molecule has 5 N–H and O–H groups in total. The number of nitrogens with one attached hydrogen (secondary N) is 1. The van der Waals surface area contributed by atoms with Crippen LogP contribution in [-0.2, 0) is 27.9 Å². The minimum absolute atomic E-state index is 0.0355. The van der Waals surface area contributed by atoms with E-state index in [0.717, 1.165) is 49.1 Å². The molecule has 14 nitrogen and oxygen atoms in total. The summed E-state index contributed by atoms with van der Waals surface area (Å²) in [4.78, 5) is 32.6. The number of nitro benzene ring substituents is 1. The summed E-state index contributed by atoms with van der Waals surface area (Å²) in [7, 11) is -0.905. The first-order valence-corrected chi connectivity index (χ1v) is 29.2. The standard InChI is InChI=1S/C19H22BNO3.2C11H16BNO2.C8H7ClO.C6H4BrNO2.4C2H6/c1-14-7-9-15(10-8-14)18(22)21-17-6-4-5-16(11-17)20-23-12-19(2,3)13-24-20;2*1-11(2)7-14-12(15-8-11)9-4-3-5-10(13)6-9;1-6-2-4-7(5-3-6)8(9)10;7-5-2-1-3-6(4-5)8(9)10;4*1-2/h4-11H,12-13H2,1-3H3,(H,21,22);2*3-6H,7-8,13H2,1-2H3;2-5H,1H3;1-4H;4*1-2H3. The molecular formula is C63H89B3BrClN4O10. The number of aryl methyl sites for hydroxylation is 2. The number of hydrogen-bond donors (Lipinski definition) is 3. The predicted octanol–water partition coefficient (Wildman–Crippen LogP) is 13.9. The molecule has 444 valence electrons. The van der Waals surface area contributed by atoms with Gasteiger partial charge >= 0.3 is 21.4 Å². The fourth-order valence-corrected chi connectivity index (χ4v) is 7.52. The Morgan fingerprint density at radius 1 is 0.512 bits per heavy atom. The molecule has 0 aromatic heterocycles. The number of nitro groups is 1. The average molecular weight is 1210 g/mol. The molecule has 0 atom stereocenters. The molecule has 9 rings (SSSR count). The Bertz CT molecular complexity index is 2690. The van der Waals surface area contributed by atoms with E-state index in [2.05, 4.69) is 62.8 Å². The molecule has 82 heavy (non-hydrogen) atoms. The molecule has 3 fully saturated rings. The summed E-state index contributed by atoms with van der Waals surface area (Å²) in [5, 5.41) is 12.7. The largest absolute Gasteiger partial charge is 0.493 e. The predicted molar refractivity (Wildman–Crippen MR) is 348 cm³/mol. The Kier molecular flexibility index (Phi) is 35.2. The highest BCUT2D eigenvalue weighted by Crippen LogP contribution is 2.24. The van der Waals surface area contributed by atoms with Gasteiger partial charge in [-0.2, -0.15) is 0 Å². The Labute approximate surface area is 504 Å². The van der Waals surface area contributed by atoms with Gasteiger partial charge in [0, 0.05) is 101 Å². The third-order valence-electron chi connectivity index (χ3n) is 11.1. The van der Waals surface area contributed by atoms with Crippen molar-refractivity contribution in [3.63, 3.8) is 0 Å². The summed E-state index contributed by atoms with van der Waals surface area (Å²) in [6.45, 7) is 36.9. The van der Waals surface area contributed by atoms with Crippen molar-refractivity contribution in [3.8, 4) is 0 Å². The summed E-state index contributed by atoms with van der Waals surface area (Å²) < 4.78 is 35.0. The number of non-ortho nitro benzene ring substituents is 1. The van der Waals surface area contributed by atoms with Gasteiger partial charge in [0.25, 0.3) is 16.8 Å². The molecule has 6 aromatic carbocycles. The fourth-order valence-electron chi connectivity index (χ4n) is 7.01. The fraction of sp³-hybridized carbons (Fsp3) is 0.397. The Morgan fingerprint density at radius 2 is 0.841 bits per heavy atom. The van der Waals surface area contributed by atoms with Gasteiger partial charge in [-0.15, -0.1) is 0 Å². The Hall–Kier alpha value is -5.82. The van der Waals surface area contributed by atoms with Crippen LogP contribution in [0.2, 0.25) is 0 Å². The first-order chi connectivity index (χ1) is 39.0. The second-order valence-corrected chi connectivity index (χ2v) is 21.8. The van der Waals surface area contributed by atoms with Crippen molar-refractivity contribution in [2.75, 3.05) is 56.4 Å². The number of rotatable bonds is 7. The summed E-state index contributed by atoms with van der Waals surface area (Å²) in [5.41, 5.74) is 20.3. The second kappa shape index (κ2) is 38.9. The van der Waals surface area contributed by atoms with Crippen molar-refractivity contribution in [2.45, 2.75) is 111 Å². The second-order valence-electron chi connectivity index (χ2n) is 20.5. The van der Waals surface area contributed by atoms with Gasteiger partial charge in [0.1, 0.15) is 0 Å². The average Bonchev–Trinajstić information content (AvgIpc) is 3.49. The van der Waals surface area contributed by atoms with Crippen molar-refractivity contribution >= 4 is 99.2 Å². The van der Waals surface area contributed by atoms with E-state index < -0.39 is 10.2 Å². The third-order valence-corrected chi connectivity index (χ3v) is 11.9. The van der Waals surface area contributed by atoms with Crippen molar-refractivity contribution in [1.29, 1.82) is 0 Å². The van der Waals surface area contributed by atoms with Crippen molar-refractivity contribution in [3.05, 3.63) is 182 Å². The van der Waals surface area contributed by atoms with E-state index in [9.17, 15) is 19.7 Å². The van der Waals surface area contributed by atoms with Crippen LogP contribution < -0.4 is 33.2 Å². The minimum Gasteiger partial charge on any atom is -0.407 e. The first kappa shape index (κ1) is 74.2. The number of benzene rings is 6. The van der Waals surface area contributed by atoms with E-state index in [1.807, 2.05) is 178 Å². The highest BCUT2D eigenvalue weighted by Gasteiger charge is 2.35. The molecule has 6 aromatic rings. The normalized spacial score (nSPS) is 14.9. The molecule has 0 radical (unpaired) electrons. The van der Waals surface area contributed by atoms with Crippen LogP contribution >= 0.6 is 27.5 Å². The van der Waals surface area contributed by atoms with Gasteiger partial charge in [0.15, 0.2) is 0 Å². The van der Waals surface area contributed by atoms with Gasteiger partial charge < -0.3 is 44.7 Å². The van der Waals surface area contributed by atoms with Crippen LogP contribution in [-0.4, -0.2) is 77.1 Å². The monoisotopic (exact) mass is 1210 g/mol. The molecule has 0 bridgehead atoms.